The number of carbonyl (C=O) groups excluding carboxylic acids is 2. The summed E-state index contributed by atoms with van der Waals surface area (Å²) in [4.78, 5) is 25.0. The zero-order valence-electron chi connectivity index (χ0n) is 19.2. The highest BCUT2D eigenvalue weighted by Crippen LogP contribution is 2.25. The number of anilines is 2. The van der Waals surface area contributed by atoms with Crippen LogP contribution in [0.2, 0.25) is 0 Å². The summed E-state index contributed by atoms with van der Waals surface area (Å²) in [6.07, 6.45) is 0. The minimum absolute atomic E-state index is 0.0119. The second-order valence-electron chi connectivity index (χ2n) is 7.95. The Morgan fingerprint density at radius 2 is 1.53 bits per heavy atom. The van der Waals surface area contributed by atoms with Gasteiger partial charge < -0.3 is 20.7 Å². The Kier molecular flexibility index (Phi) is 7.20. The second-order valence-corrected chi connectivity index (χ2v) is 7.95. The molecule has 4 aromatic carbocycles. The summed E-state index contributed by atoms with van der Waals surface area (Å²) in [6, 6.07) is 28.4. The number of ether oxygens (including phenoxy) is 1. The number of rotatable bonds is 8. The van der Waals surface area contributed by atoms with Gasteiger partial charge in [0.05, 0.1) is 19.3 Å². The van der Waals surface area contributed by atoms with Crippen LogP contribution in [0.3, 0.4) is 0 Å². The standard InChI is InChI=1S/C28H27N3O3/c1-19(23-11-7-9-20-8-3-4-10-24(20)23)29-18-27(32)30-22-16-14-21(15-17-22)28(33)31-25-12-5-6-13-26(25)34-2/h3-17,19,29H,18H2,1-2H3,(H,30,32)(H,31,33). The van der Waals surface area contributed by atoms with E-state index in [2.05, 4.69) is 40.2 Å². The maximum Gasteiger partial charge on any atom is 0.255 e. The molecule has 4 rings (SSSR count). The van der Waals surface area contributed by atoms with Crippen LogP contribution in [0.5, 0.6) is 5.75 Å². The number of para-hydroxylation sites is 2. The Balaban J connectivity index is 1.32. The van der Waals surface area contributed by atoms with Gasteiger partial charge in [0.25, 0.3) is 5.91 Å². The number of amides is 2. The first-order valence-corrected chi connectivity index (χ1v) is 11.1. The average Bonchev–Trinajstić information content (AvgIpc) is 2.87. The van der Waals surface area contributed by atoms with E-state index in [-0.39, 0.29) is 24.4 Å². The number of fused-ring (bicyclic) bond motifs is 1. The lowest BCUT2D eigenvalue weighted by Gasteiger charge is -2.16. The van der Waals surface area contributed by atoms with Crippen molar-refractivity contribution >= 4 is 34.0 Å². The number of hydrogen-bond donors (Lipinski definition) is 3. The molecule has 3 N–H and O–H groups in total. The Morgan fingerprint density at radius 1 is 0.824 bits per heavy atom. The summed E-state index contributed by atoms with van der Waals surface area (Å²) in [7, 11) is 1.56. The molecule has 0 bridgehead atoms. The summed E-state index contributed by atoms with van der Waals surface area (Å²) in [5.74, 6) is 0.177. The minimum atomic E-state index is -0.257. The quantitative estimate of drug-likeness (QED) is 0.334. The molecule has 1 unspecified atom stereocenters. The lowest BCUT2D eigenvalue weighted by atomic mass is 10.00. The SMILES string of the molecule is COc1ccccc1NC(=O)c1ccc(NC(=O)CNC(C)c2cccc3ccccc23)cc1. The fourth-order valence-electron chi connectivity index (χ4n) is 3.84. The van der Waals surface area contributed by atoms with Crippen LogP contribution in [0, 0.1) is 0 Å². The second kappa shape index (κ2) is 10.6. The van der Waals surface area contributed by atoms with Crippen molar-refractivity contribution in [1.29, 1.82) is 0 Å². The van der Waals surface area contributed by atoms with Crippen LogP contribution in [-0.2, 0) is 4.79 Å². The molecule has 1 atom stereocenters. The number of nitrogens with one attached hydrogen (secondary N) is 3. The lowest BCUT2D eigenvalue weighted by molar-refractivity contribution is -0.115. The molecule has 0 saturated carbocycles. The van der Waals surface area contributed by atoms with E-state index >= 15 is 0 Å². The highest BCUT2D eigenvalue weighted by atomic mass is 16.5. The van der Waals surface area contributed by atoms with E-state index in [0.29, 0.717) is 22.7 Å². The maximum absolute atomic E-state index is 12.6. The molecule has 6 nitrogen and oxygen atoms in total. The first-order valence-electron chi connectivity index (χ1n) is 11.1. The zero-order valence-corrected chi connectivity index (χ0v) is 19.2. The van der Waals surface area contributed by atoms with Crippen LogP contribution in [0.25, 0.3) is 10.8 Å². The summed E-state index contributed by atoms with van der Waals surface area (Å²) in [5.41, 5.74) is 2.85. The van der Waals surface area contributed by atoms with Gasteiger partial charge in [-0.25, -0.2) is 0 Å². The van der Waals surface area contributed by atoms with Crippen LogP contribution < -0.4 is 20.7 Å². The fourth-order valence-corrected chi connectivity index (χ4v) is 3.84. The highest BCUT2D eigenvalue weighted by molar-refractivity contribution is 6.05. The third-order valence-corrected chi connectivity index (χ3v) is 5.64. The molecule has 0 aromatic heterocycles. The molecule has 2 amide bonds. The van der Waals surface area contributed by atoms with Gasteiger partial charge in [-0.3, -0.25) is 9.59 Å². The van der Waals surface area contributed by atoms with Crippen molar-refractivity contribution in [2.45, 2.75) is 13.0 Å². The van der Waals surface area contributed by atoms with Gasteiger partial charge in [-0.15, -0.1) is 0 Å². The topological polar surface area (TPSA) is 79.5 Å². The number of hydrogen-bond acceptors (Lipinski definition) is 4. The third-order valence-electron chi connectivity index (χ3n) is 5.64. The first kappa shape index (κ1) is 23.0. The summed E-state index contributed by atoms with van der Waals surface area (Å²) in [6.45, 7) is 2.21. The normalized spacial score (nSPS) is 11.6. The fraction of sp³-hybridized carbons (Fsp3) is 0.143. The summed E-state index contributed by atoms with van der Waals surface area (Å²) < 4.78 is 5.27. The van der Waals surface area contributed by atoms with E-state index in [1.54, 1.807) is 43.5 Å². The number of methoxy groups -OCH3 is 1. The molecule has 0 radical (unpaired) electrons. The van der Waals surface area contributed by atoms with Gasteiger partial charge in [-0.2, -0.15) is 0 Å². The molecule has 4 aromatic rings. The Morgan fingerprint density at radius 3 is 2.32 bits per heavy atom. The van der Waals surface area contributed by atoms with E-state index in [9.17, 15) is 9.59 Å². The Labute approximate surface area is 199 Å². The first-order chi connectivity index (χ1) is 16.5. The molecule has 172 valence electrons. The Hall–Kier alpha value is -4.16. The summed E-state index contributed by atoms with van der Waals surface area (Å²) in [5, 5.41) is 11.3. The number of benzene rings is 4. The molecule has 0 spiro atoms. The smallest absolute Gasteiger partial charge is 0.255 e. The van der Waals surface area contributed by atoms with Crippen molar-refractivity contribution in [3.05, 3.63) is 102 Å². The van der Waals surface area contributed by atoms with Gasteiger partial charge in [-0.05, 0) is 59.7 Å². The monoisotopic (exact) mass is 453 g/mol. The van der Waals surface area contributed by atoms with Crippen LogP contribution in [0.15, 0.2) is 91.0 Å². The van der Waals surface area contributed by atoms with E-state index in [0.717, 1.165) is 5.56 Å². The molecule has 0 aliphatic rings. The van der Waals surface area contributed by atoms with Gasteiger partial charge in [0, 0.05) is 17.3 Å². The zero-order chi connectivity index (χ0) is 23.9. The van der Waals surface area contributed by atoms with E-state index < -0.39 is 0 Å². The molecule has 6 heteroatoms. The van der Waals surface area contributed by atoms with Crippen molar-refractivity contribution in [3.63, 3.8) is 0 Å². The minimum Gasteiger partial charge on any atom is -0.495 e. The van der Waals surface area contributed by atoms with Gasteiger partial charge in [-0.1, -0.05) is 54.6 Å². The van der Waals surface area contributed by atoms with Crippen molar-refractivity contribution in [1.82, 2.24) is 5.32 Å². The van der Waals surface area contributed by atoms with Crippen LogP contribution in [-0.4, -0.2) is 25.5 Å². The largest absolute Gasteiger partial charge is 0.495 e. The van der Waals surface area contributed by atoms with Gasteiger partial charge in [0.15, 0.2) is 0 Å². The molecular weight excluding hydrogens is 426 g/mol. The van der Waals surface area contributed by atoms with Crippen molar-refractivity contribution in [2.75, 3.05) is 24.3 Å². The van der Waals surface area contributed by atoms with Gasteiger partial charge in [0.2, 0.25) is 5.91 Å². The molecule has 34 heavy (non-hydrogen) atoms. The van der Waals surface area contributed by atoms with Crippen LogP contribution in [0.4, 0.5) is 11.4 Å². The molecule has 0 aliphatic carbocycles. The molecule has 0 saturated heterocycles. The van der Waals surface area contributed by atoms with Gasteiger partial charge in [0.1, 0.15) is 5.75 Å². The average molecular weight is 454 g/mol. The van der Waals surface area contributed by atoms with Crippen LogP contribution in [0.1, 0.15) is 28.9 Å². The van der Waals surface area contributed by atoms with Gasteiger partial charge >= 0.3 is 0 Å². The lowest BCUT2D eigenvalue weighted by Crippen LogP contribution is -2.30. The molecule has 0 heterocycles. The van der Waals surface area contributed by atoms with Crippen LogP contribution >= 0.6 is 0 Å². The maximum atomic E-state index is 12.6. The molecular formula is C28H27N3O3. The van der Waals surface area contributed by atoms with E-state index in [1.807, 2.05) is 37.3 Å². The van der Waals surface area contributed by atoms with Crippen molar-refractivity contribution < 1.29 is 14.3 Å². The highest BCUT2D eigenvalue weighted by Gasteiger charge is 2.12. The van der Waals surface area contributed by atoms with E-state index in [4.69, 9.17) is 4.74 Å². The molecule has 0 fully saturated rings. The van der Waals surface area contributed by atoms with Crippen molar-refractivity contribution in [2.24, 2.45) is 0 Å². The Bertz CT molecular complexity index is 1300. The predicted octanol–water partition coefficient (Wildman–Crippen LogP) is 5.39. The van der Waals surface area contributed by atoms with E-state index in [1.165, 1.54) is 10.8 Å². The third kappa shape index (κ3) is 5.42. The number of carbonyl (C=O) groups is 2. The van der Waals surface area contributed by atoms with Crippen molar-refractivity contribution in [3.8, 4) is 5.75 Å². The predicted molar refractivity (Wildman–Crippen MR) is 136 cm³/mol. The summed E-state index contributed by atoms with van der Waals surface area (Å²) >= 11 is 0. The molecule has 0 aliphatic heterocycles.